The predicted octanol–water partition coefficient (Wildman–Crippen LogP) is 1.88. The number of halogens is 2. The number of anilines is 1. The maximum atomic E-state index is 13.6. The van der Waals surface area contributed by atoms with Gasteiger partial charge in [-0.25, -0.2) is 13.8 Å². The molecule has 3 N–H and O–H groups in total. The minimum absolute atomic E-state index is 0.0330. The van der Waals surface area contributed by atoms with Crippen molar-refractivity contribution in [3.8, 4) is 11.4 Å². The Balaban J connectivity index is 2.26. The van der Waals surface area contributed by atoms with Crippen molar-refractivity contribution in [1.29, 1.82) is 0 Å². The fourth-order valence-corrected chi connectivity index (χ4v) is 1.69. The molecule has 0 radical (unpaired) electrons. The number of nitrogens with zero attached hydrogens (tertiary/aromatic N) is 3. The first-order chi connectivity index (χ1) is 8.66. The number of aromatic amines is 1. The van der Waals surface area contributed by atoms with Crippen molar-refractivity contribution < 1.29 is 8.78 Å². The lowest BCUT2D eigenvalue weighted by Gasteiger charge is -1.99. The Morgan fingerprint density at radius 3 is 2.83 bits per heavy atom. The van der Waals surface area contributed by atoms with Gasteiger partial charge in [0.1, 0.15) is 11.3 Å². The lowest BCUT2D eigenvalue weighted by molar-refractivity contribution is 0.510. The summed E-state index contributed by atoms with van der Waals surface area (Å²) in [6.45, 7) is 0. The lowest BCUT2D eigenvalue weighted by Crippen LogP contribution is -1.93. The average Bonchev–Trinajstić information content (AvgIpc) is 2.78. The Kier molecular flexibility index (Phi) is 2.19. The van der Waals surface area contributed by atoms with Crippen LogP contribution in [0.25, 0.3) is 22.4 Å². The molecular weight excluding hydrogens is 240 g/mol. The molecule has 18 heavy (non-hydrogen) atoms. The van der Waals surface area contributed by atoms with Crippen molar-refractivity contribution in [1.82, 2.24) is 20.2 Å². The molecule has 0 saturated carbocycles. The Bertz CT molecular complexity index is 737. The van der Waals surface area contributed by atoms with Crippen molar-refractivity contribution in [2.75, 3.05) is 5.73 Å². The van der Waals surface area contributed by atoms with Crippen molar-refractivity contribution in [3.63, 3.8) is 0 Å². The maximum Gasteiger partial charge on any atom is 0.174 e. The number of fused-ring (bicyclic) bond motifs is 1. The van der Waals surface area contributed by atoms with Gasteiger partial charge in [-0.3, -0.25) is 0 Å². The highest BCUT2D eigenvalue weighted by Gasteiger charge is 2.14. The van der Waals surface area contributed by atoms with Crippen LogP contribution in [0.5, 0.6) is 0 Å². The average molecular weight is 247 g/mol. The number of hydrogen-bond donors (Lipinski definition) is 2. The zero-order chi connectivity index (χ0) is 12.7. The molecule has 0 aliphatic carbocycles. The van der Waals surface area contributed by atoms with E-state index in [4.69, 9.17) is 5.73 Å². The molecule has 3 aromatic rings. The van der Waals surface area contributed by atoms with Gasteiger partial charge < -0.3 is 10.7 Å². The van der Waals surface area contributed by atoms with E-state index in [0.717, 1.165) is 6.07 Å². The number of rotatable bonds is 1. The van der Waals surface area contributed by atoms with E-state index >= 15 is 0 Å². The van der Waals surface area contributed by atoms with E-state index in [1.165, 1.54) is 18.3 Å². The summed E-state index contributed by atoms with van der Waals surface area (Å²) in [7, 11) is 0. The summed E-state index contributed by atoms with van der Waals surface area (Å²) in [5.41, 5.74) is 6.52. The third-order valence-corrected chi connectivity index (χ3v) is 2.53. The van der Waals surface area contributed by atoms with E-state index in [1.807, 2.05) is 0 Å². The maximum absolute atomic E-state index is 13.6. The highest BCUT2D eigenvalue weighted by atomic mass is 19.2. The zero-order valence-electron chi connectivity index (χ0n) is 8.98. The van der Waals surface area contributed by atoms with Crippen molar-refractivity contribution in [2.45, 2.75) is 0 Å². The molecule has 0 bridgehead atoms. The zero-order valence-corrected chi connectivity index (χ0v) is 8.98. The molecule has 7 heteroatoms. The van der Waals surface area contributed by atoms with Crippen LogP contribution < -0.4 is 5.73 Å². The number of aromatic nitrogens is 4. The molecular formula is C11H7F2N5. The Hall–Kier alpha value is -2.57. The molecule has 0 saturated heterocycles. The number of H-pyrrole nitrogens is 1. The van der Waals surface area contributed by atoms with Gasteiger partial charge >= 0.3 is 0 Å². The third-order valence-electron chi connectivity index (χ3n) is 2.53. The van der Waals surface area contributed by atoms with Crippen LogP contribution in [0.15, 0.2) is 24.4 Å². The molecule has 0 atom stereocenters. The van der Waals surface area contributed by atoms with E-state index in [1.54, 1.807) is 0 Å². The summed E-state index contributed by atoms with van der Waals surface area (Å²) in [6, 6.07) is 3.87. The van der Waals surface area contributed by atoms with Crippen LogP contribution in [-0.4, -0.2) is 20.2 Å². The second-order valence-corrected chi connectivity index (χ2v) is 3.68. The minimum Gasteiger partial charge on any atom is -0.380 e. The molecule has 0 aliphatic rings. The Labute approximate surface area is 99.7 Å². The van der Waals surface area contributed by atoms with Crippen molar-refractivity contribution in [3.05, 3.63) is 36.0 Å². The number of hydrogen-bond acceptors (Lipinski definition) is 4. The predicted molar refractivity (Wildman–Crippen MR) is 61.4 cm³/mol. The quantitative estimate of drug-likeness (QED) is 0.688. The molecule has 3 rings (SSSR count). The van der Waals surface area contributed by atoms with Gasteiger partial charge in [0.05, 0.1) is 17.3 Å². The Morgan fingerprint density at radius 1 is 1.22 bits per heavy atom. The van der Waals surface area contributed by atoms with Gasteiger partial charge in [-0.15, -0.1) is 5.10 Å². The summed E-state index contributed by atoms with van der Waals surface area (Å²) in [6.07, 6.45) is 1.42. The number of nitrogens with one attached hydrogen (secondary N) is 1. The first kappa shape index (κ1) is 10.6. The highest BCUT2D eigenvalue weighted by molar-refractivity contribution is 5.86. The molecule has 5 nitrogen and oxygen atoms in total. The standard InChI is InChI=1S/C11H7F2N5/c12-6-3-1-2-5(8(6)13)11-16-7-4-15-18-10(14)9(7)17-11/h1-4H,(H2,14,18)(H,16,17). The molecule has 0 unspecified atom stereocenters. The highest BCUT2D eigenvalue weighted by Crippen LogP contribution is 2.25. The summed E-state index contributed by atoms with van der Waals surface area (Å²) in [5, 5.41) is 7.28. The van der Waals surface area contributed by atoms with Crippen LogP contribution >= 0.6 is 0 Å². The van der Waals surface area contributed by atoms with E-state index in [0.29, 0.717) is 11.0 Å². The van der Waals surface area contributed by atoms with Gasteiger partial charge in [0.2, 0.25) is 0 Å². The van der Waals surface area contributed by atoms with Crippen molar-refractivity contribution in [2.24, 2.45) is 0 Å². The second kappa shape index (κ2) is 3.73. The fraction of sp³-hybridized carbons (Fsp3) is 0. The number of imidazole rings is 1. The summed E-state index contributed by atoms with van der Waals surface area (Å²) in [4.78, 5) is 6.92. The molecule has 1 aromatic carbocycles. The topological polar surface area (TPSA) is 80.5 Å². The van der Waals surface area contributed by atoms with Gasteiger partial charge in [0.15, 0.2) is 17.5 Å². The molecule has 0 aliphatic heterocycles. The van der Waals surface area contributed by atoms with E-state index in [9.17, 15) is 8.78 Å². The molecule has 2 aromatic heterocycles. The van der Waals surface area contributed by atoms with Crippen LogP contribution in [-0.2, 0) is 0 Å². The van der Waals surface area contributed by atoms with E-state index in [2.05, 4.69) is 20.2 Å². The summed E-state index contributed by atoms with van der Waals surface area (Å²) >= 11 is 0. The van der Waals surface area contributed by atoms with Crippen LogP contribution in [0, 0.1) is 11.6 Å². The van der Waals surface area contributed by atoms with Crippen LogP contribution in [0.3, 0.4) is 0 Å². The normalized spacial score (nSPS) is 11.0. The summed E-state index contributed by atoms with van der Waals surface area (Å²) < 4.78 is 26.8. The van der Waals surface area contributed by atoms with Gasteiger partial charge in [-0.2, -0.15) is 5.10 Å². The van der Waals surface area contributed by atoms with E-state index < -0.39 is 11.6 Å². The molecule has 0 spiro atoms. The van der Waals surface area contributed by atoms with Gasteiger partial charge in [0.25, 0.3) is 0 Å². The van der Waals surface area contributed by atoms with Gasteiger partial charge in [-0.05, 0) is 12.1 Å². The Morgan fingerprint density at radius 2 is 2.06 bits per heavy atom. The summed E-state index contributed by atoms with van der Waals surface area (Å²) in [5.74, 6) is -1.58. The van der Waals surface area contributed by atoms with Crippen LogP contribution in [0.2, 0.25) is 0 Å². The van der Waals surface area contributed by atoms with E-state index in [-0.39, 0.29) is 17.2 Å². The van der Waals surface area contributed by atoms with Crippen LogP contribution in [0.1, 0.15) is 0 Å². The SMILES string of the molecule is Nc1nncc2[nH]c(-c3cccc(F)c3F)nc12. The van der Waals surface area contributed by atoms with Crippen molar-refractivity contribution >= 4 is 16.9 Å². The molecule has 2 heterocycles. The van der Waals surface area contributed by atoms with Gasteiger partial charge in [0, 0.05) is 0 Å². The fourth-order valence-electron chi connectivity index (χ4n) is 1.69. The monoisotopic (exact) mass is 247 g/mol. The number of nitrogen functional groups attached to an aromatic ring is 1. The molecule has 0 fully saturated rings. The minimum atomic E-state index is -0.962. The second-order valence-electron chi connectivity index (χ2n) is 3.68. The van der Waals surface area contributed by atoms with Crippen LogP contribution in [0.4, 0.5) is 14.6 Å². The first-order valence-electron chi connectivity index (χ1n) is 5.08. The first-order valence-corrected chi connectivity index (χ1v) is 5.08. The third kappa shape index (κ3) is 1.48. The molecule has 0 amide bonds. The molecule has 90 valence electrons. The lowest BCUT2D eigenvalue weighted by atomic mass is 10.2. The largest absolute Gasteiger partial charge is 0.380 e. The number of nitrogens with two attached hydrogens (primary N) is 1. The number of benzene rings is 1. The smallest absolute Gasteiger partial charge is 0.174 e. The van der Waals surface area contributed by atoms with Gasteiger partial charge in [-0.1, -0.05) is 6.07 Å².